The number of hydrogen-bond acceptors (Lipinski definition) is 4. The van der Waals surface area contributed by atoms with Crippen LogP contribution in [0.5, 0.6) is 0 Å². The first-order chi connectivity index (χ1) is 7.81. The van der Waals surface area contributed by atoms with Crippen LogP contribution >= 0.6 is 0 Å². The third-order valence-corrected chi connectivity index (χ3v) is 3.50. The first-order valence-corrected chi connectivity index (χ1v) is 5.92. The molecular weight excluding hydrogens is 204 g/mol. The van der Waals surface area contributed by atoms with Crippen molar-refractivity contribution in [1.29, 1.82) is 0 Å². The highest BCUT2D eigenvalue weighted by molar-refractivity contribution is 5.33. The molecule has 1 saturated carbocycles. The second-order valence-electron chi connectivity index (χ2n) is 4.40. The smallest absolute Gasteiger partial charge is 0.211 e. The van der Waals surface area contributed by atoms with Gasteiger partial charge in [-0.25, -0.2) is 19.6 Å². The number of hydrogen-bond donors (Lipinski definition) is 0. The molecule has 1 aliphatic carbocycles. The molecule has 1 aliphatic rings. The Kier molecular flexibility index (Phi) is 5.69. The Labute approximate surface area is 95.9 Å². The molecule has 0 saturated heterocycles. The minimum absolute atomic E-state index is 0.130. The van der Waals surface area contributed by atoms with Gasteiger partial charge in [0, 0.05) is 0 Å². The molecule has 3 unspecified atom stereocenters. The summed E-state index contributed by atoms with van der Waals surface area (Å²) in [5.41, 5.74) is 0. The molecule has 0 aromatic rings. The minimum atomic E-state index is 0.130. The molecule has 4 nitrogen and oxygen atoms in total. The summed E-state index contributed by atoms with van der Waals surface area (Å²) in [5, 5.41) is 0. The van der Waals surface area contributed by atoms with Gasteiger partial charge in [-0.15, -0.1) is 0 Å². The van der Waals surface area contributed by atoms with E-state index in [-0.39, 0.29) is 6.04 Å². The zero-order chi connectivity index (χ0) is 11.8. The molecule has 1 rings (SSSR count). The van der Waals surface area contributed by atoms with E-state index >= 15 is 0 Å². The van der Waals surface area contributed by atoms with E-state index in [1.807, 2.05) is 0 Å². The SMILES string of the molecule is CCC(CN=C=O)C1CCCC(N=C=O)C1. The third kappa shape index (κ3) is 3.73. The molecule has 0 bridgehead atoms. The monoisotopic (exact) mass is 222 g/mol. The molecule has 4 heteroatoms. The van der Waals surface area contributed by atoms with Crippen LogP contribution in [0.4, 0.5) is 0 Å². The lowest BCUT2D eigenvalue weighted by atomic mass is 9.77. The molecule has 0 aromatic heterocycles. The fraction of sp³-hybridized carbons (Fsp3) is 0.833. The summed E-state index contributed by atoms with van der Waals surface area (Å²) in [5.74, 6) is 0.948. The number of rotatable bonds is 5. The Bertz CT molecular complexity index is 304. The molecule has 0 amide bonds. The second kappa shape index (κ2) is 7.10. The molecule has 0 N–H and O–H groups in total. The summed E-state index contributed by atoms with van der Waals surface area (Å²) in [7, 11) is 0. The number of carbonyl (C=O) groups excluding carboxylic acids is 2. The molecule has 3 atom stereocenters. The molecule has 88 valence electrons. The summed E-state index contributed by atoms with van der Waals surface area (Å²) in [6.45, 7) is 2.67. The Morgan fingerprint density at radius 2 is 2.12 bits per heavy atom. The zero-order valence-electron chi connectivity index (χ0n) is 9.69. The van der Waals surface area contributed by atoms with Crippen LogP contribution in [0, 0.1) is 11.8 Å². The van der Waals surface area contributed by atoms with Crippen LogP contribution in [0.1, 0.15) is 39.0 Å². The lowest BCUT2D eigenvalue weighted by Crippen LogP contribution is -2.26. The van der Waals surface area contributed by atoms with E-state index in [1.165, 1.54) is 0 Å². The van der Waals surface area contributed by atoms with Gasteiger partial charge in [-0.1, -0.05) is 19.8 Å². The first kappa shape index (κ1) is 12.8. The van der Waals surface area contributed by atoms with Crippen molar-refractivity contribution in [2.45, 2.75) is 45.1 Å². The average Bonchev–Trinajstić information content (AvgIpc) is 2.31. The van der Waals surface area contributed by atoms with Crippen molar-refractivity contribution < 1.29 is 9.59 Å². The van der Waals surface area contributed by atoms with Gasteiger partial charge < -0.3 is 0 Å². The van der Waals surface area contributed by atoms with Gasteiger partial charge in [0.25, 0.3) is 0 Å². The molecule has 0 aliphatic heterocycles. The predicted molar refractivity (Wildman–Crippen MR) is 60.6 cm³/mol. The van der Waals surface area contributed by atoms with Crippen LogP contribution in [0.3, 0.4) is 0 Å². The van der Waals surface area contributed by atoms with Gasteiger partial charge in [-0.05, 0) is 31.1 Å². The molecule has 0 heterocycles. The maximum atomic E-state index is 10.2. The van der Waals surface area contributed by atoms with Crippen LogP contribution in [-0.4, -0.2) is 24.7 Å². The minimum Gasteiger partial charge on any atom is -0.211 e. The van der Waals surface area contributed by atoms with Crippen molar-refractivity contribution in [2.75, 3.05) is 6.54 Å². The van der Waals surface area contributed by atoms with E-state index in [2.05, 4.69) is 16.9 Å². The zero-order valence-corrected chi connectivity index (χ0v) is 9.69. The van der Waals surface area contributed by atoms with E-state index in [0.717, 1.165) is 32.1 Å². The van der Waals surface area contributed by atoms with Gasteiger partial charge >= 0.3 is 0 Å². The van der Waals surface area contributed by atoms with Crippen LogP contribution in [0.25, 0.3) is 0 Å². The highest BCUT2D eigenvalue weighted by Gasteiger charge is 2.27. The maximum Gasteiger partial charge on any atom is 0.235 e. The Morgan fingerprint density at radius 1 is 1.31 bits per heavy atom. The number of nitrogens with zero attached hydrogens (tertiary/aromatic N) is 2. The number of aliphatic imine (C=N–C) groups is 2. The highest BCUT2D eigenvalue weighted by Crippen LogP contribution is 2.33. The summed E-state index contributed by atoms with van der Waals surface area (Å²) in [6.07, 6.45) is 8.42. The standard InChI is InChI=1S/C12H18N2O2/c1-2-10(7-13-8-15)11-4-3-5-12(6-11)14-9-16/h10-12H,2-7H2,1H3. The van der Waals surface area contributed by atoms with Crippen molar-refractivity contribution >= 4 is 12.2 Å². The molecule has 1 fully saturated rings. The predicted octanol–water partition coefficient (Wildman–Crippen LogP) is 2.24. The second-order valence-corrected chi connectivity index (χ2v) is 4.40. The van der Waals surface area contributed by atoms with E-state index in [4.69, 9.17) is 0 Å². The van der Waals surface area contributed by atoms with E-state index in [1.54, 1.807) is 12.2 Å². The van der Waals surface area contributed by atoms with E-state index in [9.17, 15) is 9.59 Å². The van der Waals surface area contributed by atoms with Crippen molar-refractivity contribution in [3.05, 3.63) is 0 Å². The largest absolute Gasteiger partial charge is 0.235 e. The Morgan fingerprint density at radius 3 is 2.75 bits per heavy atom. The van der Waals surface area contributed by atoms with Gasteiger partial charge in [-0.2, -0.15) is 0 Å². The molecule has 0 spiro atoms. The van der Waals surface area contributed by atoms with Gasteiger partial charge in [0.1, 0.15) is 0 Å². The van der Waals surface area contributed by atoms with Crippen molar-refractivity contribution in [2.24, 2.45) is 21.8 Å². The van der Waals surface area contributed by atoms with Gasteiger partial charge in [0.15, 0.2) is 0 Å². The van der Waals surface area contributed by atoms with Crippen LogP contribution in [0.15, 0.2) is 9.98 Å². The first-order valence-electron chi connectivity index (χ1n) is 5.92. The lowest BCUT2D eigenvalue weighted by Gasteiger charge is -2.31. The highest BCUT2D eigenvalue weighted by atomic mass is 16.1. The maximum absolute atomic E-state index is 10.2. The van der Waals surface area contributed by atoms with E-state index < -0.39 is 0 Å². The van der Waals surface area contributed by atoms with Gasteiger partial charge in [-0.3, -0.25) is 0 Å². The van der Waals surface area contributed by atoms with Crippen LogP contribution in [-0.2, 0) is 9.59 Å². The normalized spacial score (nSPS) is 26.3. The molecule has 0 radical (unpaired) electrons. The Hall–Kier alpha value is -1.24. The van der Waals surface area contributed by atoms with Gasteiger partial charge in [0.2, 0.25) is 12.2 Å². The van der Waals surface area contributed by atoms with Crippen LogP contribution < -0.4 is 0 Å². The van der Waals surface area contributed by atoms with Crippen molar-refractivity contribution in [1.82, 2.24) is 0 Å². The fourth-order valence-electron chi connectivity index (χ4n) is 2.59. The summed E-state index contributed by atoms with van der Waals surface area (Å²) < 4.78 is 0. The summed E-state index contributed by atoms with van der Waals surface area (Å²) >= 11 is 0. The molecular formula is C12H18N2O2. The van der Waals surface area contributed by atoms with Crippen LogP contribution in [0.2, 0.25) is 0 Å². The summed E-state index contributed by atoms with van der Waals surface area (Å²) in [4.78, 5) is 27.8. The van der Waals surface area contributed by atoms with Crippen molar-refractivity contribution in [3.63, 3.8) is 0 Å². The third-order valence-electron chi connectivity index (χ3n) is 3.50. The molecule has 0 aromatic carbocycles. The Balaban J connectivity index is 2.55. The average molecular weight is 222 g/mol. The topological polar surface area (TPSA) is 58.9 Å². The lowest BCUT2D eigenvalue weighted by molar-refractivity contribution is 0.229. The van der Waals surface area contributed by atoms with Crippen molar-refractivity contribution in [3.8, 4) is 0 Å². The molecule has 16 heavy (non-hydrogen) atoms. The quantitative estimate of drug-likeness (QED) is 0.529. The van der Waals surface area contributed by atoms with E-state index in [0.29, 0.717) is 18.4 Å². The van der Waals surface area contributed by atoms with Gasteiger partial charge in [0.05, 0.1) is 12.6 Å². The summed E-state index contributed by atoms with van der Waals surface area (Å²) in [6, 6.07) is 0.130. The fourth-order valence-corrected chi connectivity index (χ4v) is 2.59. The number of isocyanates is 2.